The average Bonchev–Trinajstić information content (AvgIpc) is 2.17. The van der Waals surface area contributed by atoms with Gasteiger partial charge in [-0.15, -0.1) is 0 Å². The van der Waals surface area contributed by atoms with Crippen molar-refractivity contribution in [1.82, 2.24) is 0 Å². The first kappa shape index (κ1) is 13.4. The van der Waals surface area contributed by atoms with Crippen molar-refractivity contribution in [3.63, 3.8) is 0 Å². The van der Waals surface area contributed by atoms with Gasteiger partial charge in [-0.05, 0) is 26.2 Å². The molecule has 3 unspecified atom stereocenters. The molecule has 3 atom stereocenters. The second-order valence-corrected chi connectivity index (χ2v) is 4.64. The Morgan fingerprint density at radius 3 is 2.88 bits per heavy atom. The SMILES string of the molecule is COCC(C)OC1CCCC(N)(C(N)=O)C1. The van der Waals surface area contributed by atoms with Crippen LogP contribution >= 0.6 is 0 Å². The van der Waals surface area contributed by atoms with Crippen LogP contribution < -0.4 is 11.5 Å². The third-order valence-electron chi connectivity index (χ3n) is 3.06. The Morgan fingerprint density at radius 1 is 1.62 bits per heavy atom. The summed E-state index contributed by atoms with van der Waals surface area (Å²) in [5.74, 6) is -0.430. The number of methoxy groups -OCH3 is 1. The maximum atomic E-state index is 11.3. The first-order chi connectivity index (χ1) is 7.48. The third-order valence-corrected chi connectivity index (χ3v) is 3.06. The van der Waals surface area contributed by atoms with Gasteiger partial charge in [-0.1, -0.05) is 0 Å². The van der Waals surface area contributed by atoms with Gasteiger partial charge in [-0.2, -0.15) is 0 Å². The highest BCUT2D eigenvalue weighted by Gasteiger charge is 2.38. The maximum absolute atomic E-state index is 11.3. The third kappa shape index (κ3) is 3.43. The smallest absolute Gasteiger partial charge is 0.237 e. The van der Waals surface area contributed by atoms with Gasteiger partial charge in [0, 0.05) is 13.5 Å². The molecule has 0 aromatic heterocycles. The topological polar surface area (TPSA) is 87.6 Å². The van der Waals surface area contributed by atoms with Crippen molar-refractivity contribution < 1.29 is 14.3 Å². The monoisotopic (exact) mass is 230 g/mol. The first-order valence-electron chi connectivity index (χ1n) is 5.71. The van der Waals surface area contributed by atoms with Crippen molar-refractivity contribution in [2.24, 2.45) is 11.5 Å². The first-order valence-corrected chi connectivity index (χ1v) is 5.71. The van der Waals surface area contributed by atoms with Gasteiger partial charge in [0.15, 0.2) is 0 Å². The zero-order valence-corrected chi connectivity index (χ0v) is 10.1. The summed E-state index contributed by atoms with van der Waals surface area (Å²) in [6.45, 7) is 2.49. The number of ether oxygens (including phenoxy) is 2. The Balaban J connectivity index is 2.47. The normalized spacial score (nSPS) is 32.3. The molecule has 0 spiro atoms. The lowest BCUT2D eigenvalue weighted by Crippen LogP contribution is -2.56. The summed E-state index contributed by atoms with van der Waals surface area (Å²) in [6, 6.07) is 0. The molecule has 0 aromatic carbocycles. The van der Waals surface area contributed by atoms with E-state index in [9.17, 15) is 4.79 Å². The summed E-state index contributed by atoms with van der Waals surface area (Å²) < 4.78 is 10.8. The zero-order chi connectivity index (χ0) is 12.2. The highest BCUT2D eigenvalue weighted by molar-refractivity contribution is 5.84. The molecule has 5 nitrogen and oxygen atoms in total. The van der Waals surface area contributed by atoms with Crippen LogP contribution in [0, 0.1) is 0 Å². The molecule has 16 heavy (non-hydrogen) atoms. The molecule has 0 bridgehead atoms. The Kier molecular flexibility index (Phi) is 4.70. The van der Waals surface area contributed by atoms with Crippen molar-refractivity contribution >= 4 is 5.91 Å². The van der Waals surface area contributed by atoms with Crippen molar-refractivity contribution in [1.29, 1.82) is 0 Å². The van der Waals surface area contributed by atoms with Crippen LogP contribution in [0.2, 0.25) is 0 Å². The number of hydrogen-bond donors (Lipinski definition) is 2. The number of carbonyl (C=O) groups is 1. The van der Waals surface area contributed by atoms with Gasteiger partial charge in [0.05, 0.1) is 24.4 Å². The molecule has 0 heterocycles. The Hall–Kier alpha value is -0.650. The van der Waals surface area contributed by atoms with E-state index in [0.29, 0.717) is 19.4 Å². The van der Waals surface area contributed by atoms with Gasteiger partial charge >= 0.3 is 0 Å². The van der Waals surface area contributed by atoms with E-state index >= 15 is 0 Å². The van der Waals surface area contributed by atoms with E-state index in [4.69, 9.17) is 20.9 Å². The fourth-order valence-electron chi connectivity index (χ4n) is 2.20. The lowest BCUT2D eigenvalue weighted by molar-refractivity contribution is -0.128. The molecule has 1 fully saturated rings. The van der Waals surface area contributed by atoms with E-state index in [-0.39, 0.29) is 12.2 Å². The minimum absolute atomic E-state index is 0.0106. The largest absolute Gasteiger partial charge is 0.382 e. The van der Waals surface area contributed by atoms with Gasteiger partial charge in [0.1, 0.15) is 0 Å². The van der Waals surface area contributed by atoms with Gasteiger partial charge in [0.25, 0.3) is 0 Å². The van der Waals surface area contributed by atoms with Gasteiger partial charge in [-0.3, -0.25) is 4.79 Å². The molecule has 0 saturated heterocycles. The van der Waals surface area contributed by atoms with E-state index in [0.717, 1.165) is 12.8 Å². The zero-order valence-electron chi connectivity index (χ0n) is 10.1. The van der Waals surface area contributed by atoms with Crippen LogP contribution in [-0.2, 0) is 14.3 Å². The summed E-state index contributed by atoms with van der Waals surface area (Å²) in [6.07, 6.45) is 3.00. The molecule has 94 valence electrons. The number of amides is 1. The predicted octanol–water partition coefficient (Wildman–Crippen LogP) is 0.163. The number of hydrogen-bond acceptors (Lipinski definition) is 4. The summed E-state index contributed by atoms with van der Waals surface area (Å²) >= 11 is 0. The number of nitrogens with two attached hydrogens (primary N) is 2. The maximum Gasteiger partial charge on any atom is 0.237 e. The van der Waals surface area contributed by atoms with Crippen LogP contribution in [0.1, 0.15) is 32.6 Å². The van der Waals surface area contributed by atoms with Crippen LogP contribution in [0.5, 0.6) is 0 Å². The Labute approximate surface area is 96.5 Å². The lowest BCUT2D eigenvalue weighted by Gasteiger charge is -2.36. The molecule has 5 heteroatoms. The summed E-state index contributed by atoms with van der Waals surface area (Å²) in [7, 11) is 1.64. The minimum Gasteiger partial charge on any atom is -0.382 e. The molecule has 1 saturated carbocycles. The highest BCUT2D eigenvalue weighted by atomic mass is 16.5. The van der Waals surface area contributed by atoms with Crippen LogP contribution in [0.3, 0.4) is 0 Å². The van der Waals surface area contributed by atoms with E-state index in [1.165, 1.54) is 0 Å². The van der Waals surface area contributed by atoms with Gasteiger partial charge in [0.2, 0.25) is 5.91 Å². The van der Waals surface area contributed by atoms with E-state index in [1.54, 1.807) is 7.11 Å². The molecule has 1 rings (SSSR count). The fraction of sp³-hybridized carbons (Fsp3) is 0.909. The summed E-state index contributed by atoms with van der Waals surface area (Å²) in [4.78, 5) is 11.3. The van der Waals surface area contributed by atoms with Gasteiger partial charge in [-0.25, -0.2) is 0 Å². The second-order valence-electron chi connectivity index (χ2n) is 4.64. The summed E-state index contributed by atoms with van der Waals surface area (Å²) in [5, 5.41) is 0. The van der Waals surface area contributed by atoms with Crippen LogP contribution in [0.15, 0.2) is 0 Å². The minimum atomic E-state index is -0.893. The summed E-state index contributed by atoms with van der Waals surface area (Å²) in [5.41, 5.74) is 10.4. The molecule has 0 aliphatic heterocycles. The van der Waals surface area contributed by atoms with E-state index in [2.05, 4.69) is 0 Å². The highest BCUT2D eigenvalue weighted by Crippen LogP contribution is 2.28. The quantitative estimate of drug-likeness (QED) is 0.704. The standard InChI is InChI=1S/C11H22N2O3/c1-8(7-15-2)16-9-4-3-5-11(13,6-9)10(12)14/h8-9H,3-7,13H2,1-2H3,(H2,12,14). The molecular weight excluding hydrogens is 208 g/mol. The molecule has 1 aliphatic carbocycles. The second kappa shape index (κ2) is 5.61. The predicted molar refractivity (Wildman–Crippen MR) is 60.8 cm³/mol. The Morgan fingerprint density at radius 2 is 2.31 bits per heavy atom. The number of primary amides is 1. The Bertz CT molecular complexity index is 247. The number of rotatable bonds is 5. The lowest BCUT2D eigenvalue weighted by atomic mass is 9.80. The molecule has 1 amide bonds. The molecule has 1 aliphatic rings. The average molecular weight is 230 g/mol. The molecule has 0 aromatic rings. The van der Waals surface area contributed by atoms with Crippen molar-refractivity contribution in [3.8, 4) is 0 Å². The molecule has 4 N–H and O–H groups in total. The van der Waals surface area contributed by atoms with E-state index < -0.39 is 11.4 Å². The van der Waals surface area contributed by atoms with E-state index in [1.807, 2.05) is 6.92 Å². The van der Waals surface area contributed by atoms with Crippen LogP contribution in [0.25, 0.3) is 0 Å². The van der Waals surface area contributed by atoms with Crippen LogP contribution in [0.4, 0.5) is 0 Å². The number of carbonyl (C=O) groups excluding carboxylic acids is 1. The molecule has 0 radical (unpaired) electrons. The fourth-order valence-corrected chi connectivity index (χ4v) is 2.20. The van der Waals surface area contributed by atoms with Gasteiger partial charge < -0.3 is 20.9 Å². The van der Waals surface area contributed by atoms with Crippen molar-refractivity contribution in [2.45, 2.75) is 50.4 Å². The van der Waals surface area contributed by atoms with Crippen LogP contribution in [-0.4, -0.2) is 37.4 Å². The van der Waals surface area contributed by atoms with Crippen molar-refractivity contribution in [2.75, 3.05) is 13.7 Å². The van der Waals surface area contributed by atoms with Crippen molar-refractivity contribution in [3.05, 3.63) is 0 Å². The molecular formula is C11H22N2O3.